The lowest BCUT2D eigenvalue weighted by Crippen LogP contribution is -2.32. The van der Waals surface area contributed by atoms with Crippen molar-refractivity contribution in [2.45, 2.75) is 0 Å². The second-order valence-electron chi connectivity index (χ2n) is 5.13. The summed E-state index contributed by atoms with van der Waals surface area (Å²) in [5.74, 6) is 0.789. The zero-order valence-electron chi connectivity index (χ0n) is 13.3. The molecule has 1 N–H and O–H groups in total. The van der Waals surface area contributed by atoms with Gasteiger partial charge in [0.1, 0.15) is 5.82 Å². The van der Waals surface area contributed by atoms with Gasteiger partial charge in [-0.1, -0.05) is 18.2 Å². The lowest BCUT2D eigenvalue weighted by atomic mass is 10.2. The first-order chi connectivity index (χ1) is 10.6. The fourth-order valence-corrected chi connectivity index (χ4v) is 2.10. The molecule has 2 rings (SSSR count). The number of carbonyl (C=O) groups is 1. The molecule has 1 heterocycles. The van der Waals surface area contributed by atoms with E-state index in [-0.39, 0.29) is 5.91 Å². The van der Waals surface area contributed by atoms with Crippen LogP contribution in [0.25, 0.3) is 0 Å². The molecule has 2 aromatic rings. The van der Waals surface area contributed by atoms with E-state index in [1.54, 1.807) is 18.1 Å². The number of hydrogen-bond donors (Lipinski definition) is 1. The zero-order valence-corrected chi connectivity index (χ0v) is 13.3. The highest BCUT2D eigenvalue weighted by Crippen LogP contribution is 2.21. The van der Waals surface area contributed by atoms with Gasteiger partial charge in [-0.15, -0.1) is 0 Å². The number of carbonyl (C=O) groups excluding carboxylic acids is 1. The standard InChI is InChI=1S/C17H22N4O/c1-18-11-12-20(2)17(22)14-9-10-16(19-13-14)21(3)15-7-5-4-6-8-15/h4-10,13,18H,11-12H2,1-3H3. The quantitative estimate of drug-likeness (QED) is 0.887. The van der Waals surface area contributed by atoms with Crippen molar-refractivity contribution in [3.8, 4) is 0 Å². The Hall–Kier alpha value is -2.40. The topological polar surface area (TPSA) is 48.5 Å². The normalized spacial score (nSPS) is 10.3. The molecule has 0 atom stereocenters. The molecule has 0 aliphatic carbocycles. The second-order valence-corrected chi connectivity index (χ2v) is 5.13. The lowest BCUT2D eigenvalue weighted by Gasteiger charge is -2.19. The highest BCUT2D eigenvalue weighted by atomic mass is 16.2. The fourth-order valence-electron chi connectivity index (χ4n) is 2.10. The molecule has 5 heteroatoms. The summed E-state index contributed by atoms with van der Waals surface area (Å²) in [7, 11) is 5.62. The summed E-state index contributed by atoms with van der Waals surface area (Å²) < 4.78 is 0. The maximum absolute atomic E-state index is 12.2. The van der Waals surface area contributed by atoms with Gasteiger partial charge in [-0.05, 0) is 31.3 Å². The maximum Gasteiger partial charge on any atom is 0.255 e. The van der Waals surface area contributed by atoms with E-state index in [1.165, 1.54) is 0 Å². The number of amides is 1. The van der Waals surface area contributed by atoms with Crippen LogP contribution in [-0.4, -0.2) is 50.0 Å². The first-order valence-electron chi connectivity index (χ1n) is 7.28. The number of anilines is 2. The number of nitrogens with zero attached hydrogens (tertiary/aromatic N) is 3. The number of likely N-dealkylation sites (N-methyl/N-ethyl adjacent to an activating group) is 2. The van der Waals surface area contributed by atoms with Crippen molar-refractivity contribution in [3.05, 3.63) is 54.2 Å². The Kier molecular flexibility index (Phi) is 5.49. The minimum atomic E-state index is -0.0170. The Labute approximate surface area is 131 Å². The Morgan fingerprint density at radius 3 is 2.45 bits per heavy atom. The molecule has 0 unspecified atom stereocenters. The molecule has 0 spiro atoms. The number of nitrogens with one attached hydrogen (secondary N) is 1. The van der Waals surface area contributed by atoms with Crippen LogP contribution in [0.4, 0.5) is 11.5 Å². The van der Waals surface area contributed by atoms with Gasteiger partial charge in [0.25, 0.3) is 5.91 Å². The van der Waals surface area contributed by atoms with Crippen molar-refractivity contribution in [1.82, 2.24) is 15.2 Å². The molecule has 0 aliphatic rings. The van der Waals surface area contributed by atoms with E-state index in [4.69, 9.17) is 0 Å². The average Bonchev–Trinajstić information content (AvgIpc) is 2.59. The van der Waals surface area contributed by atoms with Gasteiger partial charge in [0.05, 0.1) is 5.56 Å². The van der Waals surface area contributed by atoms with Gasteiger partial charge in [0.15, 0.2) is 0 Å². The summed E-state index contributed by atoms with van der Waals surface area (Å²) in [6.45, 7) is 1.44. The molecule has 0 saturated heterocycles. The van der Waals surface area contributed by atoms with Crippen LogP contribution in [0.2, 0.25) is 0 Å². The van der Waals surface area contributed by atoms with Crippen LogP contribution in [0.15, 0.2) is 48.7 Å². The third-order valence-electron chi connectivity index (χ3n) is 3.53. The van der Waals surface area contributed by atoms with Crippen molar-refractivity contribution in [3.63, 3.8) is 0 Å². The first-order valence-corrected chi connectivity index (χ1v) is 7.28. The number of hydrogen-bond acceptors (Lipinski definition) is 4. The first kappa shape index (κ1) is 16.0. The van der Waals surface area contributed by atoms with Crippen molar-refractivity contribution in [2.75, 3.05) is 39.1 Å². The Morgan fingerprint density at radius 2 is 1.86 bits per heavy atom. The lowest BCUT2D eigenvalue weighted by molar-refractivity contribution is 0.0796. The predicted octanol–water partition coefficient (Wildman–Crippen LogP) is 2.14. The van der Waals surface area contributed by atoms with Crippen molar-refractivity contribution in [2.24, 2.45) is 0 Å². The Morgan fingerprint density at radius 1 is 1.14 bits per heavy atom. The monoisotopic (exact) mass is 298 g/mol. The van der Waals surface area contributed by atoms with Crippen LogP contribution in [0, 0.1) is 0 Å². The molecular formula is C17H22N4O. The van der Waals surface area contributed by atoms with Crippen LogP contribution in [0.1, 0.15) is 10.4 Å². The van der Waals surface area contributed by atoms with E-state index in [0.29, 0.717) is 12.1 Å². The van der Waals surface area contributed by atoms with Gasteiger partial charge in [0, 0.05) is 39.1 Å². The van der Waals surface area contributed by atoms with E-state index in [2.05, 4.69) is 10.3 Å². The summed E-state index contributed by atoms with van der Waals surface area (Å²) in [4.78, 5) is 20.3. The van der Waals surface area contributed by atoms with Gasteiger partial charge in [0.2, 0.25) is 0 Å². The number of pyridine rings is 1. The van der Waals surface area contributed by atoms with Gasteiger partial charge < -0.3 is 15.1 Å². The van der Waals surface area contributed by atoms with Crippen LogP contribution in [0.3, 0.4) is 0 Å². The van der Waals surface area contributed by atoms with Crippen LogP contribution < -0.4 is 10.2 Å². The Balaban J connectivity index is 2.08. The van der Waals surface area contributed by atoms with Crippen LogP contribution in [-0.2, 0) is 0 Å². The van der Waals surface area contributed by atoms with Crippen LogP contribution >= 0.6 is 0 Å². The highest BCUT2D eigenvalue weighted by Gasteiger charge is 2.12. The van der Waals surface area contributed by atoms with E-state index in [9.17, 15) is 4.79 Å². The second kappa shape index (κ2) is 7.56. The molecule has 1 amide bonds. The summed E-state index contributed by atoms with van der Waals surface area (Å²) in [6.07, 6.45) is 1.63. The molecule has 1 aromatic heterocycles. The van der Waals surface area contributed by atoms with Gasteiger partial charge in [-0.2, -0.15) is 0 Å². The fraction of sp³-hybridized carbons (Fsp3) is 0.294. The third kappa shape index (κ3) is 3.83. The minimum Gasteiger partial charge on any atom is -0.340 e. The van der Waals surface area contributed by atoms with Crippen molar-refractivity contribution in [1.29, 1.82) is 0 Å². The minimum absolute atomic E-state index is 0.0170. The summed E-state index contributed by atoms with van der Waals surface area (Å²) in [5.41, 5.74) is 1.66. The van der Waals surface area contributed by atoms with Gasteiger partial charge in [-0.3, -0.25) is 4.79 Å². The largest absolute Gasteiger partial charge is 0.340 e. The smallest absolute Gasteiger partial charge is 0.255 e. The molecule has 0 saturated carbocycles. The number of rotatable bonds is 6. The predicted molar refractivity (Wildman–Crippen MR) is 89.6 cm³/mol. The van der Waals surface area contributed by atoms with Crippen LogP contribution in [0.5, 0.6) is 0 Å². The third-order valence-corrected chi connectivity index (χ3v) is 3.53. The molecule has 0 aliphatic heterocycles. The van der Waals surface area contributed by atoms with E-state index in [1.807, 2.05) is 61.5 Å². The van der Waals surface area contributed by atoms with E-state index in [0.717, 1.165) is 18.1 Å². The highest BCUT2D eigenvalue weighted by molar-refractivity contribution is 5.94. The zero-order chi connectivity index (χ0) is 15.9. The SMILES string of the molecule is CNCCN(C)C(=O)c1ccc(N(C)c2ccccc2)nc1. The molecule has 22 heavy (non-hydrogen) atoms. The van der Waals surface area contributed by atoms with Gasteiger partial charge in [-0.25, -0.2) is 4.98 Å². The van der Waals surface area contributed by atoms with E-state index >= 15 is 0 Å². The number of benzene rings is 1. The number of para-hydroxylation sites is 1. The molecule has 0 radical (unpaired) electrons. The van der Waals surface area contributed by atoms with Gasteiger partial charge >= 0.3 is 0 Å². The average molecular weight is 298 g/mol. The summed E-state index contributed by atoms with van der Waals surface area (Å²) >= 11 is 0. The molecule has 116 valence electrons. The Bertz CT molecular complexity index is 598. The van der Waals surface area contributed by atoms with Crippen molar-refractivity contribution < 1.29 is 4.79 Å². The molecule has 5 nitrogen and oxygen atoms in total. The van der Waals surface area contributed by atoms with Crippen molar-refractivity contribution >= 4 is 17.4 Å². The molecule has 1 aromatic carbocycles. The maximum atomic E-state index is 12.2. The molecular weight excluding hydrogens is 276 g/mol. The summed E-state index contributed by atoms with van der Waals surface area (Å²) in [5, 5.41) is 3.03. The summed E-state index contributed by atoms with van der Waals surface area (Å²) in [6, 6.07) is 13.7. The molecule has 0 fully saturated rings. The van der Waals surface area contributed by atoms with E-state index < -0.39 is 0 Å². The molecule has 0 bridgehead atoms. The number of aromatic nitrogens is 1.